The monoisotopic (exact) mass is 350 g/mol. The van der Waals surface area contributed by atoms with E-state index in [9.17, 15) is 14.0 Å². The number of anilines is 1. The lowest BCUT2D eigenvalue weighted by Crippen LogP contribution is -2.44. The minimum atomic E-state index is -0.782. The minimum absolute atomic E-state index is 0.0985. The molecule has 1 atom stereocenters. The molecule has 0 aliphatic rings. The zero-order valence-corrected chi connectivity index (χ0v) is 14.3. The summed E-state index contributed by atoms with van der Waals surface area (Å²) in [5.74, 6) is -0.666. The number of benzene rings is 1. The highest BCUT2D eigenvalue weighted by molar-refractivity contribution is 7.98. The van der Waals surface area contributed by atoms with Gasteiger partial charge in [0.15, 0.2) is 5.76 Å². The first-order chi connectivity index (χ1) is 11.5. The van der Waals surface area contributed by atoms with Crippen LogP contribution >= 0.6 is 11.8 Å². The molecular formula is C17H19FN2O3S. The molecule has 1 unspecified atom stereocenters. The lowest BCUT2D eigenvalue weighted by atomic mass is 10.1. The average Bonchev–Trinajstić information content (AvgIpc) is 3.09. The standard InChI is InChI=1S/C17H19FN2O3S/c1-11-5-6-12(18)14(10-11)20-16(21)13(7-9-24-2)19-17(22)15-4-3-8-23-15/h3-6,8,10,13H,7,9H2,1-2H3,(H,19,22)(H,20,21). The summed E-state index contributed by atoms with van der Waals surface area (Å²) in [6.45, 7) is 1.80. The van der Waals surface area contributed by atoms with Crippen LogP contribution in [0, 0.1) is 12.7 Å². The number of thioether (sulfide) groups is 1. The molecule has 0 aliphatic carbocycles. The maximum atomic E-state index is 13.8. The highest BCUT2D eigenvalue weighted by Gasteiger charge is 2.23. The zero-order chi connectivity index (χ0) is 17.5. The maximum Gasteiger partial charge on any atom is 0.287 e. The van der Waals surface area contributed by atoms with Crippen LogP contribution in [0.4, 0.5) is 10.1 Å². The van der Waals surface area contributed by atoms with Gasteiger partial charge in [-0.2, -0.15) is 11.8 Å². The molecule has 2 N–H and O–H groups in total. The molecule has 2 amide bonds. The molecule has 0 aliphatic heterocycles. The Hall–Kier alpha value is -2.28. The molecule has 0 saturated heterocycles. The topological polar surface area (TPSA) is 71.3 Å². The molecule has 0 radical (unpaired) electrons. The van der Waals surface area contributed by atoms with E-state index in [1.807, 2.05) is 6.26 Å². The lowest BCUT2D eigenvalue weighted by Gasteiger charge is -2.18. The Morgan fingerprint density at radius 3 is 2.79 bits per heavy atom. The Balaban J connectivity index is 2.09. The molecule has 2 aromatic rings. The summed E-state index contributed by atoms with van der Waals surface area (Å²) in [7, 11) is 0. The van der Waals surface area contributed by atoms with E-state index in [-0.39, 0.29) is 11.4 Å². The Kier molecular flexibility index (Phi) is 6.43. The van der Waals surface area contributed by atoms with E-state index in [0.29, 0.717) is 12.2 Å². The van der Waals surface area contributed by atoms with Crippen molar-refractivity contribution in [3.8, 4) is 0 Å². The van der Waals surface area contributed by atoms with Crippen molar-refractivity contribution in [3.63, 3.8) is 0 Å². The van der Waals surface area contributed by atoms with Crippen LogP contribution in [0.15, 0.2) is 41.0 Å². The fraction of sp³-hybridized carbons (Fsp3) is 0.294. The number of hydrogen-bond acceptors (Lipinski definition) is 4. The number of amides is 2. The summed E-state index contributed by atoms with van der Waals surface area (Å²) < 4.78 is 18.8. The van der Waals surface area contributed by atoms with Crippen molar-refractivity contribution in [1.82, 2.24) is 5.32 Å². The number of furan rings is 1. The molecule has 5 nitrogen and oxygen atoms in total. The van der Waals surface area contributed by atoms with Crippen LogP contribution in [0.5, 0.6) is 0 Å². The molecule has 1 aromatic carbocycles. The van der Waals surface area contributed by atoms with Gasteiger partial charge in [0, 0.05) is 0 Å². The number of aryl methyl sites for hydroxylation is 1. The Labute approximate surface area is 144 Å². The highest BCUT2D eigenvalue weighted by atomic mass is 32.2. The first-order valence-corrected chi connectivity index (χ1v) is 8.81. The zero-order valence-electron chi connectivity index (χ0n) is 13.5. The summed E-state index contributed by atoms with van der Waals surface area (Å²) in [6.07, 6.45) is 3.71. The van der Waals surface area contributed by atoms with Gasteiger partial charge in [0.25, 0.3) is 5.91 Å². The van der Waals surface area contributed by atoms with E-state index in [0.717, 1.165) is 5.56 Å². The molecular weight excluding hydrogens is 331 g/mol. The largest absolute Gasteiger partial charge is 0.459 e. The highest BCUT2D eigenvalue weighted by Crippen LogP contribution is 2.16. The molecule has 1 heterocycles. The number of carbonyl (C=O) groups is 2. The fourth-order valence-corrected chi connectivity index (χ4v) is 2.57. The minimum Gasteiger partial charge on any atom is -0.459 e. The summed E-state index contributed by atoms with van der Waals surface area (Å²) in [6, 6.07) is 6.79. The van der Waals surface area contributed by atoms with Gasteiger partial charge in [-0.25, -0.2) is 4.39 Å². The number of hydrogen-bond donors (Lipinski definition) is 2. The third-order valence-electron chi connectivity index (χ3n) is 3.36. The van der Waals surface area contributed by atoms with E-state index >= 15 is 0 Å². The summed E-state index contributed by atoms with van der Waals surface area (Å²) >= 11 is 1.56. The number of rotatable bonds is 7. The van der Waals surface area contributed by atoms with Crippen molar-refractivity contribution < 1.29 is 18.4 Å². The van der Waals surface area contributed by atoms with Crippen LogP contribution < -0.4 is 10.6 Å². The third kappa shape index (κ3) is 4.86. The quantitative estimate of drug-likeness (QED) is 0.804. The van der Waals surface area contributed by atoms with Gasteiger partial charge in [0.1, 0.15) is 11.9 Å². The van der Waals surface area contributed by atoms with Crippen molar-refractivity contribution in [1.29, 1.82) is 0 Å². The van der Waals surface area contributed by atoms with Crippen molar-refractivity contribution in [2.75, 3.05) is 17.3 Å². The molecule has 128 valence electrons. The SMILES string of the molecule is CSCCC(NC(=O)c1ccco1)C(=O)Nc1cc(C)ccc1F. The third-order valence-corrected chi connectivity index (χ3v) is 4.00. The van der Waals surface area contributed by atoms with Crippen molar-refractivity contribution >= 4 is 29.3 Å². The van der Waals surface area contributed by atoms with Gasteiger partial charge in [-0.05, 0) is 55.2 Å². The second kappa shape index (κ2) is 8.54. The first kappa shape index (κ1) is 18.1. The summed E-state index contributed by atoms with van der Waals surface area (Å²) in [5.41, 5.74) is 0.924. The number of halogens is 1. The summed E-state index contributed by atoms with van der Waals surface area (Å²) in [4.78, 5) is 24.5. The molecule has 0 bridgehead atoms. The van der Waals surface area contributed by atoms with Gasteiger partial charge < -0.3 is 15.1 Å². The average molecular weight is 350 g/mol. The van der Waals surface area contributed by atoms with E-state index < -0.39 is 23.7 Å². The Bertz CT molecular complexity index is 704. The van der Waals surface area contributed by atoms with Crippen LogP contribution in [0.1, 0.15) is 22.5 Å². The number of carbonyl (C=O) groups excluding carboxylic acids is 2. The van der Waals surface area contributed by atoms with E-state index in [1.165, 1.54) is 18.4 Å². The van der Waals surface area contributed by atoms with Gasteiger partial charge in [0.05, 0.1) is 12.0 Å². The van der Waals surface area contributed by atoms with Crippen LogP contribution in [-0.4, -0.2) is 29.9 Å². The normalized spacial score (nSPS) is 11.8. The lowest BCUT2D eigenvalue weighted by molar-refractivity contribution is -0.118. The molecule has 1 aromatic heterocycles. The van der Waals surface area contributed by atoms with E-state index in [1.54, 1.807) is 36.9 Å². The van der Waals surface area contributed by atoms with E-state index in [2.05, 4.69) is 10.6 Å². The smallest absolute Gasteiger partial charge is 0.287 e. The predicted molar refractivity (Wildman–Crippen MR) is 92.7 cm³/mol. The van der Waals surface area contributed by atoms with Crippen molar-refractivity contribution in [2.45, 2.75) is 19.4 Å². The van der Waals surface area contributed by atoms with Crippen LogP contribution in [0.3, 0.4) is 0 Å². The van der Waals surface area contributed by atoms with Gasteiger partial charge in [-0.3, -0.25) is 9.59 Å². The van der Waals surface area contributed by atoms with Gasteiger partial charge in [-0.15, -0.1) is 0 Å². The second-order valence-electron chi connectivity index (χ2n) is 5.26. The van der Waals surface area contributed by atoms with Crippen LogP contribution in [0.25, 0.3) is 0 Å². The van der Waals surface area contributed by atoms with Gasteiger partial charge in [0.2, 0.25) is 5.91 Å². The van der Waals surface area contributed by atoms with Gasteiger partial charge in [-0.1, -0.05) is 6.07 Å². The summed E-state index contributed by atoms with van der Waals surface area (Å²) in [5, 5.41) is 5.17. The Morgan fingerprint density at radius 1 is 1.33 bits per heavy atom. The first-order valence-electron chi connectivity index (χ1n) is 7.41. The number of nitrogens with one attached hydrogen (secondary N) is 2. The Morgan fingerprint density at radius 2 is 2.12 bits per heavy atom. The predicted octanol–water partition coefficient (Wildman–Crippen LogP) is 3.22. The van der Waals surface area contributed by atoms with Crippen LogP contribution in [0.2, 0.25) is 0 Å². The van der Waals surface area contributed by atoms with Gasteiger partial charge >= 0.3 is 0 Å². The van der Waals surface area contributed by atoms with Crippen LogP contribution in [-0.2, 0) is 4.79 Å². The fourth-order valence-electron chi connectivity index (χ4n) is 2.10. The maximum absolute atomic E-state index is 13.8. The molecule has 2 rings (SSSR count). The molecule has 0 fully saturated rings. The molecule has 0 saturated carbocycles. The molecule has 24 heavy (non-hydrogen) atoms. The molecule has 7 heteroatoms. The van der Waals surface area contributed by atoms with Crippen molar-refractivity contribution in [3.05, 3.63) is 53.7 Å². The molecule has 0 spiro atoms. The van der Waals surface area contributed by atoms with E-state index in [4.69, 9.17) is 4.42 Å². The van der Waals surface area contributed by atoms with Crippen molar-refractivity contribution in [2.24, 2.45) is 0 Å². The second-order valence-corrected chi connectivity index (χ2v) is 6.24.